The molecular weight excluding hydrogens is 246 g/mol. The molecule has 2 N–H and O–H groups in total. The summed E-state index contributed by atoms with van der Waals surface area (Å²) in [4.78, 5) is 0. The van der Waals surface area contributed by atoms with Crippen LogP contribution in [0.5, 0.6) is 5.75 Å². The SMILES string of the molecule is CCCC(C)COc1c(C)cc(CC(N)CC)cc1C. The van der Waals surface area contributed by atoms with Crippen molar-refractivity contribution in [1.29, 1.82) is 0 Å². The average molecular weight is 277 g/mol. The van der Waals surface area contributed by atoms with Gasteiger partial charge in [-0.3, -0.25) is 0 Å². The van der Waals surface area contributed by atoms with E-state index in [-0.39, 0.29) is 6.04 Å². The Balaban J connectivity index is 2.73. The van der Waals surface area contributed by atoms with Crippen molar-refractivity contribution in [3.8, 4) is 5.75 Å². The maximum atomic E-state index is 6.04. The highest BCUT2D eigenvalue weighted by molar-refractivity contribution is 5.43. The fraction of sp³-hybridized carbons (Fsp3) is 0.667. The topological polar surface area (TPSA) is 35.2 Å². The Morgan fingerprint density at radius 2 is 1.75 bits per heavy atom. The van der Waals surface area contributed by atoms with Crippen LogP contribution in [0, 0.1) is 19.8 Å². The first-order chi connectivity index (χ1) is 9.47. The molecule has 114 valence electrons. The lowest BCUT2D eigenvalue weighted by Crippen LogP contribution is -2.21. The standard InChI is InChI=1S/C18H31NO/c1-6-8-13(3)12-20-18-14(4)9-16(10-15(18)5)11-17(19)7-2/h9-10,13,17H,6-8,11-12,19H2,1-5H3. The first-order valence-electron chi connectivity index (χ1n) is 7.96. The number of ether oxygens (including phenoxy) is 1. The van der Waals surface area contributed by atoms with Gasteiger partial charge in [0.15, 0.2) is 0 Å². The Labute approximate surface area is 124 Å². The monoisotopic (exact) mass is 277 g/mol. The molecule has 2 heteroatoms. The van der Waals surface area contributed by atoms with E-state index in [1.165, 1.54) is 29.5 Å². The zero-order valence-electron chi connectivity index (χ0n) is 13.8. The molecule has 0 spiro atoms. The van der Waals surface area contributed by atoms with Crippen molar-refractivity contribution >= 4 is 0 Å². The molecule has 0 fully saturated rings. The van der Waals surface area contributed by atoms with Crippen molar-refractivity contribution in [3.05, 3.63) is 28.8 Å². The second kappa shape index (κ2) is 8.31. The van der Waals surface area contributed by atoms with E-state index in [0.717, 1.165) is 25.2 Å². The summed E-state index contributed by atoms with van der Waals surface area (Å²) in [6.45, 7) is 11.7. The van der Waals surface area contributed by atoms with E-state index < -0.39 is 0 Å². The van der Waals surface area contributed by atoms with Crippen LogP contribution in [0.1, 0.15) is 56.7 Å². The van der Waals surface area contributed by atoms with Gasteiger partial charge in [0.2, 0.25) is 0 Å². The fourth-order valence-electron chi connectivity index (χ4n) is 2.63. The molecule has 2 atom stereocenters. The van der Waals surface area contributed by atoms with Gasteiger partial charge in [-0.05, 0) is 55.7 Å². The fourth-order valence-corrected chi connectivity index (χ4v) is 2.63. The van der Waals surface area contributed by atoms with Gasteiger partial charge in [-0.15, -0.1) is 0 Å². The van der Waals surface area contributed by atoms with Crippen LogP contribution in [0.4, 0.5) is 0 Å². The van der Waals surface area contributed by atoms with Crippen LogP contribution in [0.25, 0.3) is 0 Å². The quantitative estimate of drug-likeness (QED) is 0.764. The van der Waals surface area contributed by atoms with Gasteiger partial charge in [-0.25, -0.2) is 0 Å². The molecule has 2 unspecified atom stereocenters. The molecule has 0 aromatic heterocycles. The summed E-state index contributed by atoms with van der Waals surface area (Å²) >= 11 is 0. The summed E-state index contributed by atoms with van der Waals surface area (Å²) in [7, 11) is 0. The summed E-state index contributed by atoms with van der Waals surface area (Å²) in [5.41, 5.74) is 9.82. The Morgan fingerprint density at radius 3 is 2.25 bits per heavy atom. The van der Waals surface area contributed by atoms with E-state index in [9.17, 15) is 0 Å². The maximum absolute atomic E-state index is 6.04. The smallest absolute Gasteiger partial charge is 0.125 e. The van der Waals surface area contributed by atoms with Crippen molar-refractivity contribution in [3.63, 3.8) is 0 Å². The maximum Gasteiger partial charge on any atom is 0.125 e. The summed E-state index contributed by atoms with van der Waals surface area (Å²) in [6, 6.07) is 4.70. The lowest BCUT2D eigenvalue weighted by molar-refractivity contribution is 0.248. The van der Waals surface area contributed by atoms with Gasteiger partial charge >= 0.3 is 0 Å². The minimum Gasteiger partial charge on any atom is -0.493 e. The van der Waals surface area contributed by atoms with E-state index in [1.54, 1.807) is 0 Å². The van der Waals surface area contributed by atoms with Gasteiger partial charge in [0.05, 0.1) is 6.61 Å². The molecule has 0 saturated carbocycles. The highest BCUT2D eigenvalue weighted by Gasteiger charge is 2.10. The Morgan fingerprint density at radius 1 is 1.15 bits per heavy atom. The lowest BCUT2D eigenvalue weighted by Gasteiger charge is -2.18. The molecule has 0 aliphatic carbocycles. The van der Waals surface area contributed by atoms with Gasteiger partial charge in [0.1, 0.15) is 5.75 Å². The molecule has 0 heterocycles. The third-order valence-electron chi connectivity index (χ3n) is 3.84. The molecule has 2 nitrogen and oxygen atoms in total. The summed E-state index contributed by atoms with van der Waals surface area (Å²) in [5.74, 6) is 1.67. The molecule has 0 amide bonds. The number of hydrogen-bond acceptors (Lipinski definition) is 2. The van der Waals surface area contributed by atoms with Gasteiger partial charge < -0.3 is 10.5 Å². The van der Waals surface area contributed by atoms with E-state index in [2.05, 4.69) is 46.8 Å². The molecule has 0 aliphatic rings. The minimum absolute atomic E-state index is 0.255. The van der Waals surface area contributed by atoms with Crippen LogP contribution in [0.3, 0.4) is 0 Å². The molecule has 1 aromatic rings. The second-order valence-electron chi connectivity index (χ2n) is 6.14. The van der Waals surface area contributed by atoms with Crippen LogP contribution < -0.4 is 10.5 Å². The third kappa shape index (κ3) is 5.16. The predicted molar refractivity (Wildman–Crippen MR) is 87.5 cm³/mol. The highest BCUT2D eigenvalue weighted by Crippen LogP contribution is 2.26. The first kappa shape index (κ1) is 17.0. The third-order valence-corrected chi connectivity index (χ3v) is 3.84. The van der Waals surface area contributed by atoms with E-state index >= 15 is 0 Å². The normalized spacial score (nSPS) is 14.1. The molecule has 1 aromatic carbocycles. The molecule has 1 rings (SSSR count). The van der Waals surface area contributed by atoms with Gasteiger partial charge in [0.25, 0.3) is 0 Å². The van der Waals surface area contributed by atoms with Crippen molar-refractivity contribution in [2.45, 2.75) is 66.3 Å². The summed E-state index contributed by atoms with van der Waals surface area (Å²) in [5, 5.41) is 0. The number of benzene rings is 1. The van der Waals surface area contributed by atoms with Gasteiger partial charge in [0, 0.05) is 6.04 Å². The predicted octanol–water partition coefficient (Wildman–Crippen LogP) is 4.40. The number of aryl methyl sites for hydroxylation is 2. The minimum atomic E-state index is 0.255. The van der Waals surface area contributed by atoms with Gasteiger partial charge in [-0.2, -0.15) is 0 Å². The van der Waals surface area contributed by atoms with Crippen LogP contribution in [-0.2, 0) is 6.42 Å². The second-order valence-corrected chi connectivity index (χ2v) is 6.14. The van der Waals surface area contributed by atoms with Crippen molar-refractivity contribution in [1.82, 2.24) is 0 Å². The van der Waals surface area contributed by atoms with Crippen molar-refractivity contribution in [2.24, 2.45) is 11.7 Å². The van der Waals surface area contributed by atoms with E-state index in [1.807, 2.05) is 0 Å². The van der Waals surface area contributed by atoms with Gasteiger partial charge in [-0.1, -0.05) is 39.3 Å². The Bertz CT molecular complexity index is 391. The summed E-state index contributed by atoms with van der Waals surface area (Å²) < 4.78 is 6.04. The zero-order valence-corrected chi connectivity index (χ0v) is 13.8. The molecular formula is C18H31NO. The number of hydrogen-bond donors (Lipinski definition) is 1. The molecule has 0 radical (unpaired) electrons. The summed E-state index contributed by atoms with van der Waals surface area (Å²) in [6.07, 6.45) is 4.41. The zero-order chi connectivity index (χ0) is 15.1. The van der Waals surface area contributed by atoms with Crippen LogP contribution in [0.15, 0.2) is 12.1 Å². The van der Waals surface area contributed by atoms with E-state index in [0.29, 0.717) is 5.92 Å². The lowest BCUT2D eigenvalue weighted by atomic mass is 9.99. The molecule has 0 saturated heterocycles. The first-order valence-corrected chi connectivity index (χ1v) is 7.96. The van der Waals surface area contributed by atoms with Crippen molar-refractivity contribution < 1.29 is 4.74 Å². The Hall–Kier alpha value is -1.02. The number of rotatable bonds is 8. The molecule has 0 bridgehead atoms. The van der Waals surface area contributed by atoms with Crippen LogP contribution in [-0.4, -0.2) is 12.6 Å². The number of nitrogens with two attached hydrogens (primary N) is 1. The molecule has 20 heavy (non-hydrogen) atoms. The van der Waals surface area contributed by atoms with Crippen LogP contribution >= 0.6 is 0 Å². The van der Waals surface area contributed by atoms with E-state index in [4.69, 9.17) is 10.5 Å². The average Bonchev–Trinajstić information content (AvgIpc) is 2.37. The molecule has 0 aliphatic heterocycles. The largest absolute Gasteiger partial charge is 0.493 e. The van der Waals surface area contributed by atoms with Crippen LogP contribution in [0.2, 0.25) is 0 Å². The highest BCUT2D eigenvalue weighted by atomic mass is 16.5. The van der Waals surface area contributed by atoms with Crippen molar-refractivity contribution in [2.75, 3.05) is 6.61 Å². The Kier molecular flexibility index (Phi) is 7.08.